The number of aromatic amines is 1. The molecule has 0 aliphatic carbocycles. The number of hydrogen-bond acceptors (Lipinski definition) is 8. The molecule has 2 saturated heterocycles. The molecule has 216 valence electrons. The number of piperazine rings is 1. The second kappa shape index (κ2) is 11.5. The maximum atomic E-state index is 12.9. The van der Waals surface area contributed by atoms with Gasteiger partial charge in [0.2, 0.25) is 5.91 Å². The average Bonchev–Trinajstić information content (AvgIpc) is 3.01. The molecule has 3 amide bonds. The maximum Gasteiger partial charge on any atom is 0.328 e. The van der Waals surface area contributed by atoms with Gasteiger partial charge in [-0.05, 0) is 42.0 Å². The average molecular weight is 569 g/mol. The zero-order valence-corrected chi connectivity index (χ0v) is 23.6. The molecule has 3 heterocycles. The van der Waals surface area contributed by atoms with Crippen molar-refractivity contribution in [3.63, 3.8) is 0 Å². The smallest absolute Gasteiger partial charge is 0.328 e. The van der Waals surface area contributed by atoms with Gasteiger partial charge in [0.05, 0.1) is 19.7 Å². The van der Waals surface area contributed by atoms with E-state index in [4.69, 9.17) is 9.47 Å². The highest BCUT2D eigenvalue weighted by Gasteiger charge is 2.24. The molecule has 0 bridgehead atoms. The first-order valence-electron chi connectivity index (χ1n) is 13.9. The monoisotopic (exact) mass is 568 g/mol. The van der Waals surface area contributed by atoms with Crippen molar-refractivity contribution in [2.45, 2.75) is 13.0 Å². The molecule has 2 aliphatic heterocycles. The molecule has 3 aromatic carbocycles. The lowest BCUT2D eigenvalue weighted by Gasteiger charge is -2.36. The fourth-order valence-electron chi connectivity index (χ4n) is 5.47. The number of aromatic nitrogens is 2. The predicted molar refractivity (Wildman–Crippen MR) is 160 cm³/mol. The summed E-state index contributed by atoms with van der Waals surface area (Å²) < 4.78 is 10.7. The van der Waals surface area contributed by atoms with E-state index in [0.29, 0.717) is 41.2 Å². The van der Waals surface area contributed by atoms with Crippen LogP contribution in [0.3, 0.4) is 0 Å². The number of carbonyl (C=O) groups is 2. The van der Waals surface area contributed by atoms with Crippen molar-refractivity contribution in [2.75, 3.05) is 56.7 Å². The Morgan fingerprint density at radius 1 is 0.833 bits per heavy atom. The normalized spacial score (nSPS) is 16.0. The fourth-order valence-corrected chi connectivity index (χ4v) is 5.47. The molecule has 11 heteroatoms. The van der Waals surface area contributed by atoms with E-state index in [9.17, 15) is 14.4 Å². The number of ether oxygens (including phenoxy) is 2. The SMILES string of the molecule is COc1cc(OC)c2c(=O)[nH]c(-c3ccc(N4CCN(Cc5ccc(N6CCC(=O)NC6=O)cc5)CC4)cc3)nc2c1. The van der Waals surface area contributed by atoms with Crippen molar-refractivity contribution in [1.29, 1.82) is 0 Å². The summed E-state index contributed by atoms with van der Waals surface area (Å²) in [6.07, 6.45) is 0.311. The van der Waals surface area contributed by atoms with Gasteiger partial charge in [0.15, 0.2) is 0 Å². The molecular formula is C31H32N6O5. The van der Waals surface area contributed by atoms with Crippen LogP contribution < -0.4 is 30.1 Å². The van der Waals surface area contributed by atoms with E-state index in [1.54, 1.807) is 24.1 Å². The number of carbonyl (C=O) groups excluding carboxylic acids is 2. The van der Waals surface area contributed by atoms with Gasteiger partial charge in [0.25, 0.3) is 5.56 Å². The largest absolute Gasteiger partial charge is 0.497 e. The number of benzene rings is 3. The summed E-state index contributed by atoms with van der Waals surface area (Å²) in [6.45, 7) is 4.85. The molecule has 0 unspecified atom stereocenters. The van der Waals surface area contributed by atoms with Gasteiger partial charge in [0.1, 0.15) is 22.7 Å². The van der Waals surface area contributed by atoms with Crippen LogP contribution in [0.25, 0.3) is 22.3 Å². The number of anilines is 2. The number of imide groups is 1. The fraction of sp³-hybridized carbons (Fsp3) is 0.290. The molecule has 0 atom stereocenters. The third-order valence-electron chi connectivity index (χ3n) is 7.79. The van der Waals surface area contributed by atoms with Gasteiger partial charge < -0.3 is 19.4 Å². The minimum absolute atomic E-state index is 0.232. The summed E-state index contributed by atoms with van der Waals surface area (Å²) in [5.41, 5.74) is 4.14. The van der Waals surface area contributed by atoms with Crippen molar-refractivity contribution < 1.29 is 19.1 Å². The number of nitrogens with one attached hydrogen (secondary N) is 2. The second-order valence-electron chi connectivity index (χ2n) is 10.4. The van der Waals surface area contributed by atoms with Crippen LogP contribution in [0.4, 0.5) is 16.2 Å². The predicted octanol–water partition coefficient (Wildman–Crippen LogP) is 3.38. The summed E-state index contributed by atoms with van der Waals surface area (Å²) in [7, 11) is 3.08. The zero-order chi connectivity index (χ0) is 29.2. The van der Waals surface area contributed by atoms with E-state index in [0.717, 1.165) is 49.7 Å². The van der Waals surface area contributed by atoms with E-state index in [1.165, 1.54) is 12.7 Å². The molecule has 42 heavy (non-hydrogen) atoms. The van der Waals surface area contributed by atoms with Crippen LogP contribution in [0, 0.1) is 0 Å². The Hall–Kier alpha value is -4.90. The first-order valence-corrected chi connectivity index (χ1v) is 13.9. The van der Waals surface area contributed by atoms with Crippen molar-refractivity contribution in [2.24, 2.45) is 0 Å². The zero-order valence-electron chi connectivity index (χ0n) is 23.6. The highest BCUT2D eigenvalue weighted by molar-refractivity contribution is 6.05. The lowest BCUT2D eigenvalue weighted by Crippen LogP contribution is -2.49. The van der Waals surface area contributed by atoms with Gasteiger partial charge in [-0.3, -0.25) is 24.7 Å². The summed E-state index contributed by atoms with van der Waals surface area (Å²) >= 11 is 0. The van der Waals surface area contributed by atoms with Crippen LogP contribution in [0.2, 0.25) is 0 Å². The Morgan fingerprint density at radius 3 is 2.21 bits per heavy atom. The third-order valence-corrected chi connectivity index (χ3v) is 7.79. The molecule has 0 radical (unpaired) electrons. The maximum absolute atomic E-state index is 12.9. The molecule has 0 spiro atoms. The van der Waals surface area contributed by atoms with Gasteiger partial charge in [-0.2, -0.15) is 0 Å². The number of amides is 3. The minimum Gasteiger partial charge on any atom is -0.497 e. The molecule has 1 aromatic heterocycles. The van der Waals surface area contributed by atoms with Crippen molar-refractivity contribution in [1.82, 2.24) is 20.2 Å². The van der Waals surface area contributed by atoms with Crippen LogP contribution in [0.15, 0.2) is 65.5 Å². The van der Waals surface area contributed by atoms with Crippen LogP contribution in [-0.4, -0.2) is 73.7 Å². The first-order chi connectivity index (χ1) is 20.4. The molecule has 2 N–H and O–H groups in total. The van der Waals surface area contributed by atoms with Gasteiger partial charge in [-0.15, -0.1) is 0 Å². The van der Waals surface area contributed by atoms with Gasteiger partial charge in [-0.25, -0.2) is 9.78 Å². The molecule has 6 rings (SSSR count). The van der Waals surface area contributed by atoms with Gasteiger partial charge in [0, 0.05) is 74.8 Å². The molecule has 2 fully saturated rings. The van der Waals surface area contributed by atoms with Crippen LogP contribution in [0.1, 0.15) is 12.0 Å². The van der Waals surface area contributed by atoms with E-state index in [-0.39, 0.29) is 17.5 Å². The quantitative estimate of drug-likeness (QED) is 0.348. The van der Waals surface area contributed by atoms with Crippen molar-refractivity contribution in [3.05, 3.63) is 76.6 Å². The molecule has 11 nitrogen and oxygen atoms in total. The number of nitrogens with zero attached hydrogens (tertiary/aromatic N) is 4. The summed E-state index contributed by atoms with van der Waals surface area (Å²) in [6, 6.07) is 19.1. The Morgan fingerprint density at radius 2 is 1.55 bits per heavy atom. The molecular weight excluding hydrogens is 536 g/mol. The van der Waals surface area contributed by atoms with E-state index >= 15 is 0 Å². The van der Waals surface area contributed by atoms with Gasteiger partial charge >= 0.3 is 6.03 Å². The van der Waals surface area contributed by atoms with Crippen molar-refractivity contribution >= 4 is 34.2 Å². The Balaban J connectivity index is 1.08. The molecule has 2 aliphatic rings. The highest BCUT2D eigenvalue weighted by atomic mass is 16.5. The molecule has 4 aromatic rings. The van der Waals surface area contributed by atoms with E-state index < -0.39 is 0 Å². The van der Waals surface area contributed by atoms with Crippen LogP contribution >= 0.6 is 0 Å². The van der Waals surface area contributed by atoms with Crippen molar-refractivity contribution in [3.8, 4) is 22.9 Å². The number of H-pyrrole nitrogens is 1. The van der Waals surface area contributed by atoms with Gasteiger partial charge in [-0.1, -0.05) is 12.1 Å². The number of rotatable bonds is 7. The minimum atomic E-state index is -0.369. The Kier molecular flexibility index (Phi) is 7.49. The summed E-state index contributed by atoms with van der Waals surface area (Å²) in [5.74, 6) is 1.24. The number of hydrogen-bond donors (Lipinski definition) is 2. The summed E-state index contributed by atoms with van der Waals surface area (Å²) in [4.78, 5) is 50.3. The lowest BCUT2D eigenvalue weighted by molar-refractivity contribution is -0.120. The van der Waals surface area contributed by atoms with Crippen LogP contribution in [0.5, 0.6) is 11.5 Å². The Bertz CT molecular complexity index is 1680. The van der Waals surface area contributed by atoms with Crippen LogP contribution in [-0.2, 0) is 11.3 Å². The standard InChI is InChI=1S/C31H32N6O5/c1-41-24-17-25-28(26(18-24)42-2)30(39)34-29(32-25)21-5-9-22(10-6-21)36-15-13-35(14-16-36)19-20-3-7-23(8-4-20)37-12-11-27(38)33-31(37)40/h3-10,17-18H,11-16,19H2,1-2H3,(H,32,34,39)(H,33,38,40). The Labute approximate surface area is 242 Å². The lowest BCUT2D eigenvalue weighted by atomic mass is 10.1. The first kappa shape index (κ1) is 27.3. The number of fused-ring (bicyclic) bond motifs is 1. The third kappa shape index (κ3) is 5.51. The number of urea groups is 1. The highest BCUT2D eigenvalue weighted by Crippen LogP contribution is 2.29. The molecule has 0 saturated carbocycles. The summed E-state index contributed by atoms with van der Waals surface area (Å²) in [5, 5.41) is 2.75. The topological polar surface area (TPSA) is 120 Å². The second-order valence-corrected chi connectivity index (χ2v) is 10.4. The number of methoxy groups -OCH3 is 2. The van der Waals surface area contributed by atoms with E-state index in [2.05, 4.69) is 37.2 Å². The van der Waals surface area contributed by atoms with E-state index in [1.807, 2.05) is 36.4 Å².